The van der Waals surface area contributed by atoms with Gasteiger partial charge in [0.1, 0.15) is 5.60 Å². The van der Waals surface area contributed by atoms with Crippen LogP contribution in [-0.4, -0.2) is 79.4 Å². The number of carbonyl (C=O) groups excluding carboxylic acids is 2. The number of likely N-dealkylation sites (N-methyl/N-ethyl adjacent to an activating group) is 1. The van der Waals surface area contributed by atoms with Gasteiger partial charge in [-0.25, -0.2) is 4.79 Å². The molecule has 0 saturated carbocycles. The molecule has 7 nitrogen and oxygen atoms in total. The second kappa shape index (κ2) is 8.16. The van der Waals surface area contributed by atoms with Gasteiger partial charge in [0.05, 0.1) is 19.3 Å². The van der Waals surface area contributed by atoms with Gasteiger partial charge >= 0.3 is 6.09 Å². The van der Waals surface area contributed by atoms with Gasteiger partial charge in [-0.3, -0.25) is 4.79 Å². The lowest BCUT2D eigenvalue weighted by atomic mass is 10.0. The summed E-state index contributed by atoms with van der Waals surface area (Å²) in [4.78, 5) is 28.5. The lowest BCUT2D eigenvalue weighted by molar-refractivity contribution is -0.142. The van der Waals surface area contributed by atoms with Gasteiger partial charge in [-0.15, -0.1) is 0 Å². The Balaban J connectivity index is 1.82. The first-order valence-electron chi connectivity index (χ1n) is 8.82. The second-order valence-corrected chi connectivity index (χ2v) is 7.60. The van der Waals surface area contributed by atoms with E-state index in [2.05, 4.69) is 17.3 Å². The fourth-order valence-electron chi connectivity index (χ4n) is 3.40. The van der Waals surface area contributed by atoms with Crippen LogP contribution in [0.2, 0.25) is 0 Å². The lowest BCUT2D eigenvalue weighted by Gasteiger charge is -2.41. The Morgan fingerprint density at radius 1 is 1.25 bits per heavy atom. The number of carbonyl (C=O) groups is 2. The summed E-state index contributed by atoms with van der Waals surface area (Å²) in [5.41, 5.74) is -0.531. The highest BCUT2D eigenvalue weighted by Crippen LogP contribution is 2.24. The van der Waals surface area contributed by atoms with Crippen LogP contribution in [0.5, 0.6) is 0 Å². The molecule has 7 heteroatoms. The van der Waals surface area contributed by atoms with Crippen LogP contribution in [0.15, 0.2) is 0 Å². The average molecular weight is 341 g/mol. The number of alkyl carbamates (subject to hydrolysis) is 1. The standard InChI is InChI=1S/C17H31N3O4/c1-17(2,3)24-16(22)18-8-7-15(21)20-10-11-23-12-14(20)13-6-5-9-19(13)4/h13-14H,5-12H2,1-4H3,(H,18,22)/t13-,14-/m0/s1. The number of nitrogens with zero attached hydrogens (tertiary/aromatic N) is 2. The molecule has 2 rings (SSSR count). The minimum absolute atomic E-state index is 0.0691. The molecule has 0 bridgehead atoms. The molecule has 0 radical (unpaired) electrons. The summed E-state index contributed by atoms with van der Waals surface area (Å²) in [5, 5.41) is 2.65. The van der Waals surface area contributed by atoms with E-state index in [-0.39, 0.29) is 18.4 Å². The van der Waals surface area contributed by atoms with Crippen molar-refractivity contribution in [2.24, 2.45) is 0 Å². The summed E-state index contributed by atoms with van der Waals surface area (Å²) in [6.45, 7) is 8.61. The quantitative estimate of drug-likeness (QED) is 0.833. The molecule has 2 amide bonds. The van der Waals surface area contributed by atoms with Gasteiger partial charge in [-0.05, 0) is 47.2 Å². The summed E-state index contributed by atoms with van der Waals surface area (Å²) in [6.07, 6.45) is 2.07. The summed E-state index contributed by atoms with van der Waals surface area (Å²) < 4.78 is 10.8. The van der Waals surface area contributed by atoms with Crippen LogP contribution in [0.1, 0.15) is 40.0 Å². The van der Waals surface area contributed by atoms with Gasteiger partial charge in [-0.2, -0.15) is 0 Å². The molecule has 2 aliphatic rings. The molecule has 0 unspecified atom stereocenters. The van der Waals surface area contributed by atoms with Gasteiger partial charge in [0.2, 0.25) is 5.91 Å². The molecule has 0 aromatic heterocycles. The molecule has 2 fully saturated rings. The van der Waals surface area contributed by atoms with Crippen LogP contribution in [0.4, 0.5) is 4.79 Å². The Bertz CT molecular complexity index is 450. The molecule has 1 N–H and O–H groups in total. The lowest BCUT2D eigenvalue weighted by Crippen LogP contribution is -2.57. The Hall–Kier alpha value is -1.34. The van der Waals surface area contributed by atoms with Crippen LogP contribution in [0.3, 0.4) is 0 Å². The molecule has 0 spiro atoms. The molecule has 2 aliphatic heterocycles. The Labute approximate surface area is 144 Å². The van der Waals surface area contributed by atoms with E-state index < -0.39 is 11.7 Å². The van der Waals surface area contributed by atoms with Crippen LogP contribution in [0, 0.1) is 0 Å². The highest BCUT2D eigenvalue weighted by Gasteiger charge is 2.37. The van der Waals surface area contributed by atoms with E-state index in [0.717, 1.165) is 13.0 Å². The highest BCUT2D eigenvalue weighted by molar-refractivity contribution is 5.77. The molecule has 0 aromatic rings. The normalized spacial score (nSPS) is 25.6. The average Bonchev–Trinajstić information content (AvgIpc) is 2.91. The van der Waals surface area contributed by atoms with Crippen LogP contribution in [-0.2, 0) is 14.3 Å². The second-order valence-electron chi connectivity index (χ2n) is 7.60. The Morgan fingerprint density at radius 3 is 2.62 bits per heavy atom. The van der Waals surface area contributed by atoms with Crippen molar-refractivity contribution in [3.63, 3.8) is 0 Å². The molecular weight excluding hydrogens is 310 g/mol. The van der Waals surface area contributed by atoms with E-state index in [1.807, 2.05) is 25.7 Å². The van der Waals surface area contributed by atoms with Crippen molar-refractivity contribution in [1.29, 1.82) is 0 Å². The topological polar surface area (TPSA) is 71.1 Å². The first kappa shape index (κ1) is 19.0. The third kappa shape index (κ3) is 5.34. The molecule has 138 valence electrons. The molecule has 24 heavy (non-hydrogen) atoms. The largest absolute Gasteiger partial charge is 0.444 e. The van der Waals surface area contributed by atoms with Gasteiger partial charge in [0, 0.05) is 25.6 Å². The van der Waals surface area contributed by atoms with Crippen molar-refractivity contribution >= 4 is 12.0 Å². The van der Waals surface area contributed by atoms with Crippen molar-refractivity contribution in [1.82, 2.24) is 15.1 Å². The third-order valence-corrected chi connectivity index (χ3v) is 4.51. The van der Waals surface area contributed by atoms with Gasteiger partial charge in [-0.1, -0.05) is 0 Å². The summed E-state index contributed by atoms with van der Waals surface area (Å²) in [6, 6.07) is 0.480. The van der Waals surface area contributed by atoms with Crippen molar-refractivity contribution < 1.29 is 19.1 Å². The monoisotopic (exact) mass is 341 g/mol. The zero-order chi connectivity index (χ0) is 17.7. The minimum Gasteiger partial charge on any atom is -0.444 e. The maximum Gasteiger partial charge on any atom is 0.407 e. The van der Waals surface area contributed by atoms with E-state index in [9.17, 15) is 9.59 Å². The number of amides is 2. The van der Waals surface area contributed by atoms with E-state index in [0.29, 0.717) is 32.3 Å². The first-order chi connectivity index (χ1) is 11.3. The van der Waals surface area contributed by atoms with Gasteiger partial charge in [0.15, 0.2) is 0 Å². The number of hydrogen-bond donors (Lipinski definition) is 1. The predicted octanol–water partition coefficient (Wildman–Crippen LogP) is 1.22. The molecule has 0 aromatic carbocycles. The number of nitrogens with one attached hydrogen (secondary N) is 1. The maximum absolute atomic E-state index is 12.6. The predicted molar refractivity (Wildman–Crippen MR) is 90.8 cm³/mol. The SMILES string of the molecule is CN1CCC[C@H]1[C@@H]1COCCN1C(=O)CCNC(=O)OC(C)(C)C. The van der Waals surface area contributed by atoms with Crippen molar-refractivity contribution in [3.05, 3.63) is 0 Å². The highest BCUT2D eigenvalue weighted by atomic mass is 16.6. The van der Waals surface area contributed by atoms with Crippen LogP contribution >= 0.6 is 0 Å². The van der Waals surface area contributed by atoms with Crippen molar-refractivity contribution in [2.45, 2.75) is 57.7 Å². The van der Waals surface area contributed by atoms with Crippen molar-refractivity contribution in [3.8, 4) is 0 Å². The zero-order valence-electron chi connectivity index (χ0n) is 15.3. The smallest absolute Gasteiger partial charge is 0.407 e. The van der Waals surface area contributed by atoms with Gasteiger partial charge in [0.25, 0.3) is 0 Å². The molecule has 2 saturated heterocycles. The fourth-order valence-corrected chi connectivity index (χ4v) is 3.40. The third-order valence-electron chi connectivity index (χ3n) is 4.51. The molecule has 0 aliphatic carbocycles. The van der Waals surface area contributed by atoms with Crippen LogP contribution in [0.25, 0.3) is 0 Å². The van der Waals surface area contributed by atoms with Crippen molar-refractivity contribution in [2.75, 3.05) is 39.9 Å². The van der Waals surface area contributed by atoms with E-state index >= 15 is 0 Å². The number of hydrogen-bond acceptors (Lipinski definition) is 5. The zero-order valence-corrected chi connectivity index (χ0v) is 15.3. The van der Waals surface area contributed by atoms with Crippen LogP contribution < -0.4 is 5.32 Å². The molecular formula is C17H31N3O4. The molecule has 2 atom stereocenters. The maximum atomic E-state index is 12.6. The van der Waals surface area contributed by atoms with Gasteiger partial charge < -0.3 is 24.6 Å². The van der Waals surface area contributed by atoms with E-state index in [1.165, 1.54) is 6.42 Å². The molecule has 2 heterocycles. The number of likely N-dealkylation sites (tertiary alicyclic amines) is 1. The summed E-state index contributed by atoms with van der Waals surface area (Å²) >= 11 is 0. The summed E-state index contributed by atoms with van der Waals surface area (Å²) in [5.74, 6) is 0.0691. The minimum atomic E-state index is -0.531. The fraction of sp³-hybridized carbons (Fsp3) is 0.882. The number of morpholine rings is 1. The Kier molecular flexibility index (Phi) is 6.46. The summed E-state index contributed by atoms with van der Waals surface area (Å²) in [7, 11) is 2.11. The van der Waals surface area contributed by atoms with E-state index in [1.54, 1.807) is 0 Å². The first-order valence-corrected chi connectivity index (χ1v) is 8.82. The number of ether oxygens (including phenoxy) is 2. The van der Waals surface area contributed by atoms with E-state index in [4.69, 9.17) is 9.47 Å². The number of rotatable bonds is 4. The Morgan fingerprint density at radius 2 is 2.00 bits per heavy atom.